The van der Waals surface area contributed by atoms with Gasteiger partial charge in [0.25, 0.3) is 11.8 Å². The predicted octanol–water partition coefficient (Wildman–Crippen LogP) is 1.96. The Labute approximate surface area is 124 Å². The van der Waals surface area contributed by atoms with Gasteiger partial charge in [-0.25, -0.2) is 0 Å². The lowest BCUT2D eigenvalue weighted by molar-refractivity contribution is -0.128. The lowest BCUT2D eigenvalue weighted by Crippen LogP contribution is -2.43. The van der Waals surface area contributed by atoms with Crippen LogP contribution in [-0.4, -0.2) is 18.4 Å². The van der Waals surface area contributed by atoms with Gasteiger partial charge in [0.15, 0.2) is 6.61 Å². The van der Waals surface area contributed by atoms with Gasteiger partial charge in [-0.15, -0.1) is 0 Å². The van der Waals surface area contributed by atoms with E-state index in [1.54, 1.807) is 18.2 Å². The molecule has 21 heavy (non-hydrogen) atoms. The zero-order valence-electron chi connectivity index (χ0n) is 12.5. The van der Waals surface area contributed by atoms with Crippen molar-refractivity contribution in [2.45, 2.75) is 20.8 Å². The number of hydrogen-bond donors (Lipinski definition) is 2. The summed E-state index contributed by atoms with van der Waals surface area (Å²) in [4.78, 5) is 22.9. The molecule has 0 unspecified atom stereocenters. The van der Waals surface area contributed by atoms with Crippen molar-refractivity contribution in [1.82, 2.24) is 10.9 Å². The van der Waals surface area contributed by atoms with Crippen LogP contribution in [0.3, 0.4) is 0 Å². The van der Waals surface area contributed by atoms with Crippen molar-refractivity contribution in [3.63, 3.8) is 0 Å². The normalized spacial score (nSPS) is 10.8. The first-order valence-electron chi connectivity index (χ1n) is 6.61. The maximum absolute atomic E-state index is 11.6. The highest BCUT2D eigenvalue weighted by Crippen LogP contribution is 2.21. The molecule has 0 spiro atoms. The van der Waals surface area contributed by atoms with E-state index < -0.39 is 11.8 Å². The van der Waals surface area contributed by atoms with Crippen LogP contribution < -0.4 is 15.6 Å². The van der Waals surface area contributed by atoms with Crippen LogP contribution in [0, 0.1) is 13.8 Å². The minimum absolute atomic E-state index is 0.162. The lowest BCUT2D eigenvalue weighted by atomic mass is 10.1. The zero-order chi connectivity index (χ0) is 15.7. The Bertz CT molecular complexity index is 542. The number of hydrazine groups is 1. The summed E-state index contributed by atoms with van der Waals surface area (Å²) in [5.41, 5.74) is 6.47. The van der Waals surface area contributed by atoms with Gasteiger partial charge in [0.1, 0.15) is 5.75 Å². The summed E-state index contributed by atoms with van der Waals surface area (Å²) in [6, 6.07) is 5.75. The van der Waals surface area contributed by atoms with E-state index in [1.165, 1.54) is 6.08 Å². The monoisotopic (exact) mass is 288 g/mol. The molecule has 0 aromatic heterocycles. The number of ether oxygens (including phenoxy) is 1. The molecule has 0 heterocycles. The summed E-state index contributed by atoms with van der Waals surface area (Å²) in [5, 5.41) is 0. The van der Waals surface area contributed by atoms with Crippen LogP contribution in [0.2, 0.25) is 0 Å². The molecule has 0 aliphatic heterocycles. The van der Waals surface area contributed by atoms with Crippen molar-refractivity contribution in [2.24, 2.45) is 0 Å². The largest absolute Gasteiger partial charge is 0.483 e. The van der Waals surface area contributed by atoms with E-state index in [4.69, 9.17) is 4.74 Å². The molecule has 112 valence electrons. The number of carbonyl (C=O) groups is 2. The van der Waals surface area contributed by atoms with E-state index in [2.05, 4.69) is 10.9 Å². The van der Waals surface area contributed by atoms with Gasteiger partial charge in [-0.05, 0) is 31.9 Å². The molecule has 0 fully saturated rings. The van der Waals surface area contributed by atoms with Crippen LogP contribution in [0.5, 0.6) is 5.75 Å². The Hall–Kier alpha value is -2.56. The molecular weight excluding hydrogens is 268 g/mol. The zero-order valence-corrected chi connectivity index (χ0v) is 12.5. The average molecular weight is 288 g/mol. The molecule has 5 heteroatoms. The molecule has 1 aromatic rings. The van der Waals surface area contributed by atoms with Crippen molar-refractivity contribution >= 4 is 11.8 Å². The summed E-state index contributed by atoms with van der Waals surface area (Å²) in [6.45, 7) is 5.50. The van der Waals surface area contributed by atoms with Crippen LogP contribution in [-0.2, 0) is 9.59 Å². The third-order valence-corrected chi connectivity index (χ3v) is 2.63. The highest BCUT2D eigenvalue weighted by atomic mass is 16.5. The first-order valence-corrected chi connectivity index (χ1v) is 6.61. The van der Waals surface area contributed by atoms with Gasteiger partial charge in [-0.3, -0.25) is 20.4 Å². The van der Waals surface area contributed by atoms with Gasteiger partial charge in [0.05, 0.1) is 0 Å². The highest BCUT2D eigenvalue weighted by Gasteiger charge is 2.07. The van der Waals surface area contributed by atoms with Gasteiger partial charge < -0.3 is 4.74 Å². The Morgan fingerprint density at radius 2 is 1.81 bits per heavy atom. The Balaban J connectivity index is 2.40. The smallest absolute Gasteiger partial charge is 0.276 e. The highest BCUT2D eigenvalue weighted by molar-refractivity contribution is 5.90. The van der Waals surface area contributed by atoms with Crippen LogP contribution in [0.1, 0.15) is 18.1 Å². The van der Waals surface area contributed by atoms with E-state index in [9.17, 15) is 9.59 Å². The molecule has 0 saturated carbocycles. The minimum atomic E-state index is -0.426. The van der Waals surface area contributed by atoms with Crippen LogP contribution >= 0.6 is 0 Å². The molecule has 0 aliphatic carbocycles. The van der Waals surface area contributed by atoms with Gasteiger partial charge in [0.2, 0.25) is 0 Å². The number of rotatable bonds is 5. The Morgan fingerprint density at radius 3 is 2.43 bits per heavy atom. The van der Waals surface area contributed by atoms with E-state index >= 15 is 0 Å². The number of benzene rings is 1. The fraction of sp³-hybridized carbons (Fsp3) is 0.250. The second-order valence-corrected chi connectivity index (χ2v) is 4.43. The minimum Gasteiger partial charge on any atom is -0.483 e. The van der Waals surface area contributed by atoms with Crippen molar-refractivity contribution in [1.29, 1.82) is 0 Å². The quantitative estimate of drug-likeness (QED) is 0.494. The third-order valence-electron chi connectivity index (χ3n) is 2.63. The molecular formula is C16H20N2O3. The van der Waals surface area contributed by atoms with Crippen molar-refractivity contribution < 1.29 is 14.3 Å². The van der Waals surface area contributed by atoms with Crippen molar-refractivity contribution in [3.05, 3.63) is 53.6 Å². The molecule has 1 rings (SSSR count). The number of para-hydroxylation sites is 1. The summed E-state index contributed by atoms with van der Waals surface area (Å²) in [5.74, 6) is -0.147. The number of aryl methyl sites for hydroxylation is 2. The fourth-order valence-electron chi connectivity index (χ4n) is 1.63. The first-order chi connectivity index (χ1) is 10.0. The number of hydrogen-bond acceptors (Lipinski definition) is 3. The van der Waals surface area contributed by atoms with Crippen LogP contribution in [0.4, 0.5) is 0 Å². The number of carbonyl (C=O) groups excluding carboxylic acids is 2. The molecule has 0 aliphatic rings. The Kier molecular flexibility index (Phi) is 6.74. The summed E-state index contributed by atoms with van der Waals surface area (Å²) < 4.78 is 5.47. The third kappa shape index (κ3) is 5.95. The van der Waals surface area contributed by atoms with Gasteiger partial charge in [-0.2, -0.15) is 0 Å². The summed E-state index contributed by atoms with van der Waals surface area (Å²) >= 11 is 0. The van der Waals surface area contributed by atoms with Gasteiger partial charge in [0, 0.05) is 6.08 Å². The molecule has 0 bridgehead atoms. The van der Waals surface area contributed by atoms with Crippen molar-refractivity contribution in [2.75, 3.05) is 6.61 Å². The summed E-state index contributed by atoms with van der Waals surface area (Å²) in [7, 11) is 0. The maximum Gasteiger partial charge on any atom is 0.276 e. The molecule has 0 radical (unpaired) electrons. The fourth-order valence-corrected chi connectivity index (χ4v) is 1.63. The summed E-state index contributed by atoms with van der Waals surface area (Å²) in [6.07, 6.45) is 6.40. The first kappa shape index (κ1) is 16.5. The van der Waals surface area contributed by atoms with E-state index in [0.717, 1.165) is 11.1 Å². The Morgan fingerprint density at radius 1 is 1.14 bits per heavy atom. The second-order valence-electron chi connectivity index (χ2n) is 4.43. The molecule has 1 aromatic carbocycles. The number of nitrogens with one attached hydrogen (secondary N) is 2. The SMILES string of the molecule is C/C=C/C=C/C(=O)NNC(=O)COc1c(C)cccc1C. The molecule has 0 saturated heterocycles. The van der Waals surface area contributed by atoms with E-state index in [1.807, 2.05) is 39.0 Å². The van der Waals surface area contributed by atoms with Crippen LogP contribution in [0.15, 0.2) is 42.5 Å². The number of amides is 2. The average Bonchev–Trinajstić information content (AvgIpc) is 2.45. The lowest BCUT2D eigenvalue weighted by Gasteiger charge is -2.11. The van der Waals surface area contributed by atoms with Crippen LogP contribution in [0.25, 0.3) is 0 Å². The second kappa shape index (κ2) is 8.58. The standard InChI is InChI=1S/C16H20N2O3/c1-4-5-6-10-14(19)17-18-15(20)11-21-16-12(2)8-7-9-13(16)3/h4-10H,11H2,1-3H3,(H,17,19)(H,18,20)/b5-4+,10-6+. The molecule has 5 nitrogen and oxygen atoms in total. The molecule has 2 amide bonds. The van der Waals surface area contributed by atoms with Crippen molar-refractivity contribution in [3.8, 4) is 5.75 Å². The molecule has 0 atom stereocenters. The molecule has 2 N–H and O–H groups in total. The topological polar surface area (TPSA) is 67.4 Å². The van der Waals surface area contributed by atoms with Gasteiger partial charge in [-0.1, -0.05) is 36.4 Å². The number of allylic oxidation sites excluding steroid dienone is 3. The van der Waals surface area contributed by atoms with Gasteiger partial charge >= 0.3 is 0 Å². The van der Waals surface area contributed by atoms with E-state index in [0.29, 0.717) is 5.75 Å². The maximum atomic E-state index is 11.6. The predicted molar refractivity (Wildman–Crippen MR) is 81.7 cm³/mol. The van der Waals surface area contributed by atoms with E-state index in [-0.39, 0.29) is 6.61 Å².